The van der Waals surface area contributed by atoms with Crippen molar-refractivity contribution in [1.82, 2.24) is 5.32 Å². The first kappa shape index (κ1) is 12.1. The summed E-state index contributed by atoms with van der Waals surface area (Å²) in [4.78, 5) is 9.17. The van der Waals surface area contributed by atoms with Crippen molar-refractivity contribution >= 4 is 40.7 Å². The number of nitrogens with one attached hydrogen (secondary N) is 1. The maximum Gasteiger partial charge on any atom is 0.203 e. The lowest BCUT2D eigenvalue weighted by molar-refractivity contribution is 0.952. The van der Waals surface area contributed by atoms with Crippen LogP contribution in [0, 0.1) is 0 Å². The lowest BCUT2D eigenvalue weighted by Crippen LogP contribution is -2.36. The summed E-state index contributed by atoms with van der Waals surface area (Å²) in [6.45, 7) is 1.70. The molecule has 2 aliphatic heterocycles. The van der Waals surface area contributed by atoms with E-state index >= 15 is 0 Å². The van der Waals surface area contributed by atoms with Gasteiger partial charge in [-0.1, -0.05) is 35.5 Å². The monoisotopic (exact) mass is 301 g/mol. The minimum atomic E-state index is 0.743. The number of aliphatic imine (C=N–C) groups is 1. The van der Waals surface area contributed by atoms with Crippen molar-refractivity contribution in [2.24, 2.45) is 4.99 Å². The Bertz CT molecular complexity index is 714. The molecule has 100 valence electrons. The quantitative estimate of drug-likeness (QED) is 0.799. The number of nitrogens with zero attached hydrogens (tertiary/aromatic N) is 2. The number of hydrogen-bond donors (Lipinski definition) is 1. The number of hydrogen-bond acceptors (Lipinski definition) is 4. The van der Waals surface area contributed by atoms with Gasteiger partial charge in [0.25, 0.3) is 0 Å². The Morgan fingerprint density at radius 1 is 1.10 bits per heavy atom. The van der Waals surface area contributed by atoms with E-state index < -0.39 is 0 Å². The van der Waals surface area contributed by atoms with E-state index in [4.69, 9.17) is 11.6 Å². The average molecular weight is 302 g/mol. The van der Waals surface area contributed by atoms with Gasteiger partial charge in [0.15, 0.2) is 0 Å². The van der Waals surface area contributed by atoms with Crippen molar-refractivity contribution in [3.05, 3.63) is 47.5 Å². The van der Waals surface area contributed by atoms with Crippen molar-refractivity contribution < 1.29 is 0 Å². The van der Waals surface area contributed by atoms with Gasteiger partial charge >= 0.3 is 0 Å². The fourth-order valence-corrected chi connectivity index (χ4v) is 3.70. The summed E-state index contributed by atoms with van der Waals surface area (Å²) in [6, 6.07) is 14.4. The van der Waals surface area contributed by atoms with Crippen LogP contribution in [0.4, 0.5) is 11.4 Å². The van der Waals surface area contributed by atoms with E-state index in [9.17, 15) is 0 Å². The standard InChI is InChI=1S/C15H12ClN3S/c16-10-5-6-14-12(9-10)19(15-17-7-8-18-15)11-3-1-2-4-13(11)20-14/h1-6,9H,7-8H2,(H,17,18). The Hall–Kier alpha value is -1.65. The van der Waals surface area contributed by atoms with Crippen LogP contribution in [0.15, 0.2) is 57.2 Å². The van der Waals surface area contributed by atoms with E-state index in [0.717, 1.165) is 35.4 Å². The molecular weight excluding hydrogens is 290 g/mol. The molecule has 2 aromatic carbocycles. The number of anilines is 2. The second kappa shape index (κ2) is 4.72. The molecule has 0 saturated carbocycles. The van der Waals surface area contributed by atoms with E-state index in [-0.39, 0.29) is 0 Å². The van der Waals surface area contributed by atoms with Crippen LogP contribution in [0.25, 0.3) is 0 Å². The highest BCUT2D eigenvalue weighted by atomic mass is 35.5. The summed E-state index contributed by atoms with van der Waals surface area (Å²) >= 11 is 7.95. The maximum absolute atomic E-state index is 6.18. The number of guanidine groups is 1. The normalized spacial score (nSPS) is 16.2. The molecule has 0 bridgehead atoms. The van der Waals surface area contributed by atoms with Gasteiger partial charge in [-0.2, -0.15) is 0 Å². The first-order valence-corrected chi connectivity index (χ1v) is 7.67. The SMILES string of the molecule is Clc1ccc2c(c1)N(C1=NCCN1)c1ccccc1S2. The number of para-hydroxylation sites is 1. The highest BCUT2D eigenvalue weighted by molar-refractivity contribution is 7.99. The number of halogens is 1. The molecule has 2 heterocycles. The largest absolute Gasteiger partial charge is 0.354 e. The second-order valence-corrected chi connectivity index (χ2v) is 6.17. The van der Waals surface area contributed by atoms with Crippen molar-refractivity contribution in [3.8, 4) is 0 Å². The molecule has 4 rings (SSSR count). The van der Waals surface area contributed by atoms with Gasteiger partial charge in [0.1, 0.15) is 0 Å². The zero-order valence-corrected chi connectivity index (χ0v) is 12.2. The van der Waals surface area contributed by atoms with Gasteiger partial charge in [-0.05, 0) is 30.3 Å². The molecule has 3 nitrogen and oxygen atoms in total. The second-order valence-electron chi connectivity index (χ2n) is 4.65. The van der Waals surface area contributed by atoms with Gasteiger partial charge in [-0.15, -0.1) is 0 Å². The molecular formula is C15H12ClN3S. The predicted octanol–water partition coefficient (Wildman–Crippen LogP) is 3.90. The smallest absolute Gasteiger partial charge is 0.203 e. The number of benzene rings is 2. The zero-order chi connectivity index (χ0) is 13.5. The highest BCUT2D eigenvalue weighted by Gasteiger charge is 2.28. The van der Waals surface area contributed by atoms with Crippen molar-refractivity contribution in [2.45, 2.75) is 9.79 Å². The number of rotatable bonds is 0. The van der Waals surface area contributed by atoms with Crippen molar-refractivity contribution in [3.63, 3.8) is 0 Å². The first-order chi connectivity index (χ1) is 9.83. The van der Waals surface area contributed by atoms with Gasteiger partial charge in [0.05, 0.1) is 17.9 Å². The van der Waals surface area contributed by atoms with E-state index in [2.05, 4.69) is 45.5 Å². The van der Waals surface area contributed by atoms with Gasteiger partial charge < -0.3 is 5.32 Å². The Morgan fingerprint density at radius 2 is 1.95 bits per heavy atom. The molecule has 0 unspecified atom stereocenters. The van der Waals surface area contributed by atoms with Gasteiger partial charge in [-0.25, -0.2) is 0 Å². The minimum Gasteiger partial charge on any atom is -0.354 e. The molecule has 0 amide bonds. The van der Waals surface area contributed by atoms with Crippen LogP contribution in [-0.2, 0) is 0 Å². The van der Waals surface area contributed by atoms with Crippen LogP contribution in [0.2, 0.25) is 5.02 Å². The topological polar surface area (TPSA) is 27.6 Å². The van der Waals surface area contributed by atoms with E-state index in [1.807, 2.05) is 12.1 Å². The molecule has 20 heavy (non-hydrogen) atoms. The lowest BCUT2D eigenvalue weighted by Gasteiger charge is -2.32. The van der Waals surface area contributed by atoms with Gasteiger partial charge in [-0.3, -0.25) is 9.89 Å². The minimum absolute atomic E-state index is 0.743. The first-order valence-electron chi connectivity index (χ1n) is 6.48. The molecule has 0 radical (unpaired) electrons. The molecule has 0 atom stereocenters. The summed E-state index contributed by atoms with van der Waals surface area (Å²) in [5.74, 6) is 0.904. The fraction of sp³-hybridized carbons (Fsp3) is 0.133. The molecule has 5 heteroatoms. The molecule has 0 saturated heterocycles. The molecule has 2 aromatic rings. The van der Waals surface area contributed by atoms with Crippen LogP contribution in [-0.4, -0.2) is 19.0 Å². The average Bonchev–Trinajstić information content (AvgIpc) is 2.98. The molecule has 0 fully saturated rings. The molecule has 0 aliphatic carbocycles. The molecule has 0 spiro atoms. The van der Waals surface area contributed by atoms with Gasteiger partial charge in [0, 0.05) is 21.4 Å². The van der Waals surface area contributed by atoms with E-state index in [0.29, 0.717) is 0 Å². The predicted molar refractivity (Wildman–Crippen MR) is 84.5 cm³/mol. The Balaban J connectivity index is 1.93. The molecule has 0 aromatic heterocycles. The Kier molecular flexibility index (Phi) is 2.86. The summed E-state index contributed by atoms with van der Waals surface area (Å²) < 4.78 is 0. The summed E-state index contributed by atoms with van der Waals surface area (Å²) in [5.41, 5.74) is 2.25. The van der Waals surface area contributed by atoms with Crippen LogP contribution in [0.5, 0.6) is 0 Å². The maximum atomic E-state index is 6.18. The summed E-state index contributed by atoms with van der Waals surface area (Å²) in [6.07, 6.45) is 0. The third-order valence-electron chi connectivity index (χ3n) is 3.36. The zero-order valence-electron chi connectivity index (χ0n) is 10.6. The Morgan fingerprint density at radius 3 is 2.80 bits per heavy atom. The third-order valence-corrected chi connectivity index (χ3v) is 4.72. The molecule has 2 aliphatic rings. The van der Waals surface area contributed by atoms with Crippen LogP contribution >= 0.6 is 23.4 Å². The summed E-state index contributed by atoms with van der Waals surface area (Å²) in [7, 11) is 0. The lowest BCUT2D eigenvalue weighted by atomic mass is 10.2. The van der Waals surface area contributed by atoms with Crippen LogP contribution in [0.3, 0.4) is 0 Å². The van der Waals surface area contributed by atoms with E-state index in [1.165, 1.54) is 9.79 Å². The Labute approximate surface area is 126 Å². The van der Waals surface area contributed by atoms with Gasteiger partial charge in [0.2, 0.25) is 5.96 Å². The highest BCUT2D eigenvalue weighted by Crippen LogP contribution is 2.48. The fourth-order valence-electron chi connectivity index (χ4n) is 2.49. The van der Waals surface area contributed by atoms with Crippen molar-refractivity contribution in [2.75, 3.05) is 18.0 Å². The number of fused-ring (bicyclic) bond motifs is 2. The summed E-state index contributed by atoms with van der Waals surface area (Å²) in [5, 5.41) is 4.09. The van der Waals surface area contributed by atoms with E-state index in [1.54, 1.807) is 11.8 Å². The van der Waals surface area contributed by atoms with Crippen LogP contribution < -0.4 is 10.2 Å². The third kappa shape index (κ3) is 1.87. The van der Waals surface area contributed by atoms with Crippen molar-refractivity contribution in [1.29, 1.82) is 0 Å². The molecule has 1 N–H and O–H groups in total. The van der Waals surface area contributed by atoms with Crippen LogP contribution in [0.1, 0.15) is 0 Å².